The first-order valence-electron chi connectivity index (χ1n) is 5.81. The molecule has 0 fully saturated rings. The molecule has 0 saturated carbocycles. The number of anilines is 1. The summed E-state index contributed by atoms with van der Waals surface area (Å²) in [5.41, 5.74) is 1.13. The van der Waals surface area contributed by atoms with Crippen molar-refractivity contribution in [2.75, 3.05) is 31.7 Å². The molecule has 90 valence electrons. The Morgan fingerprint density at radius 3 is 2.69 bits per heavy atom. The molecule has 0 heterocycles. The highest BCUT2D eigenvalue weighted by Crippen LogP contribution is 2.03. The highest BCUT2D eigenvalue weighted by Gasteiger charge is 2.00. The van der Waals surface area contributed by atoms with Gasteiger partial charge in [-0.25, -0.2) is 0 Å². The molecule has 0 aliphatic heterocycles. The lowest BCUT2D eigenvalue weighted by Crippen LogP contribution is -2.20. The van der Waals surface area contributed by atoms with Crippen molar-refractivity contribution >= 4 is 5.69 Å². The van der Waals surface area contributed by atoms with Crippen LogP contribution in [0, 0.1) is 0 Å². The van der Waals surface area contributed by atoms with Gasteiger partial charge in [0.25, 0.3) is 0 Å². The Balaban J connectivity index is 2.03. The summed E-state index contributed by atoms with van der Waals surface area (Å²) in [6, 6.07) is 10.1. The van der Waals surface area contributed by atoms with Crippen LogP contribution in [-0.2, 0) is 9.47 Å². The van der Waals surface area contributed by atoms with Crippen molar-refractivity contribution in [3.8, 4) is 0 Å². The largest absolute Gasteiger partial charge is 0.383 e. The van der Waals surface area contributed by atoms with Crippen LogP contribution in [0.2, 0.25) is 0 Å². The fourth-order valence-corrected chi connectivity index (χ4v) is 1.34. The Bertz CT molecular complexity index is 264. The van der Waals surface area contributed by atoms with E-state index in [0.29, 0.717) is 13.2 Å². The second kappa shape index (κ2) is 8.13. The van der Waals surface area contributed by atoms with E-state index in [2.05, 4.69) is 5.32 Å². The van der Waals surface area contributed by atoms with Gasteiger partial charge in [-0.3, -0.25) is 0 Å². The Kier molecular flexibility index (Phi) is 6.61. The van der Waals surface area contributed by atoms with E-state index in [1.165, 1.54) is 0 Å². The molecule has 0 aromatic heterocycles. The number of ether oxygens (including phenoxy) is 2. The highest BCUT2D eigenvalue weighted by molar-refractivity contribution is 5.42. The second-order valence-electron chi connectivity index (χ2n) is 3.63. The maximum absolute atomic E-state index is 5.58. The van der Waals surface area contributed by atoms with Crippen LogP contribution in [0.4, 0.5) is 5.69 Å². The smallest absolute Gasteiger partial charge is 0.0781 e. The van der Waals surface area contributed by atoms with Crippen molar-refractivity contribution in [1.82, 2.24) is 0 Å². The number of hydrogen-bond acceptors (Lipinski definition) is 3. The van der Waals surface area contributed by atoms with Crippen LogP contribution in [0.25, 0.3) is 0 Å². The van der Waals surface area contributed by atoms with E-state index in [9.17, 15) is 0 Å². The Hall–Kier alpha value is -1.06. The van der Waals surface area contributed by atoms with Gasteiger partial charge in [0.05, 0.1) is 19.3 Å². The van der Waals surface area contributed by atoms with E-state index in [-0.39, 0.29) is 6.10 Å². The third-order valence-corrected chi connectivity index (χ3v) is 2.16. The molecule has 1 atom stereocenters. The van der Waals surface area contributed by atoms with Crippen LogP contribution in [0.3, 0.4) is 0 Å². The van der Waals surface area contributed by atoms with Crippen molar-refractivity contribution < 1.29 is 9.47 Å². The van der Waals surface area contributed by atoms with E-state index < -0.39 is 0 Å². The molecule has 1 rings (SSSR count). The minimum Gasteiger partial charge on any atom is -0.383 e. The van der Waals surface area contributed by atoms with Crippen LogP contribution >= 0.6 is 0 Å². The lowest BCUT2D eigenvalue weighted by molar-refractivity contribution is 0.000871. The van der Waals surface area contributed by atoms with Crippen molar-refractivity contribution in [1.29, 1.82) is 0 Å². The summed E-state index contributed by atoms with van der Waals surface area (Å²) >= 11 is 0. The highest BCUT2D eigenvalue weighted by atomic mass is 16.5. The monoisotopic (exact) mass is 223 g/mol. The molecule has 0 saturated heterocycles. The quantitative estimate of drug-likeness (QED) is 0.687. The molecular formula is C13H21NO2. The average molecular weight is 223 g/mol. The van der Waals surface area contributed by atoms with Gasteiger partial charge in [0.15, 0.2) is 0 Å². The Morgan fingerprint density at radius 2 is 2.00 bits per heavy atom. The first kappa shape index (κ1) is 13.0. The van der Waals surface area contributed by atoms with Crippen LogP contribution < -0.4 is 5.32 Å². The van der Waals surface area contributed by atoms with Crippen LogP contribution in [0.5, 0.6) is 0 Å². The Labute approximate surface area is 97.8 Å². The van der Waals surface area contributed by atoms with Gasteiger partial charge in [0, 0.05) is 18.8 Å². The van der Waals surface area contributed by atoms with Gasteiger partial charge < -0.3 is 14.8 Å². The molecule has 3 heteroatoms. The van der Waals surface area contributed by atoms with Crippen LogP contribution in [0.1, 0.15) is 13.8 Å². The third-order valence-electron chi connectivity index (χ3n) is 2.16. The van der Waals surface area contributed by atoms with Gasteiger partial charge in [0.1, 0.15) is 0 Å². The molecule has 0 radical (unpaired) electrons. The molecular weight excluding hydrogens is 202 g/mol. The maximum atomic E-state index is 5.58. The number of benzene rings is 1. The summed E-state index contributed by atoms with van der Waals surface area (Å²) < 4.78 is 10.8. The summed E-state index contributed by atoms with van der Waals surface area (Å²) in [7, 11) is 0. The van der Waals surface area contributed by atoms with E-state index in [1.807, 2.05) is 44.2 Å². The summed E-state index contributed by atoms with van der Waals surface area (Å²) in [5.74, 6) is 0. The van der Waals surface area contributed by atoms with Crippen molar-refractivity contribution in [3.05, 3.63) is 30.3 Å². The lowest BCUT2D eigenvalue weighted by Gasteiger charge is -2.13. The van der Waals surface area contributed by atoms with Gasteiger partial charge in [-0.2, -0.15) is 0 Å². The summed E-state index contributed by atoms with van der Waals surface area (Å²) in [5, 5.41) is 3.29. The molecule has 0 aliphatic carbocycles. The number of para-hydroxylation sites is 1. The molecule has 1 aromatic rings. The van der Waals surface area contributed by atoms with Crippen molar-refractivity contribution in [3.63, 3.8) is 0 Å². The standard InChI is InChI=1S/C13H21NO2/c1-3-15-11-12(2)16-10-9-14-13-7-5-4-6-8-13/h4-8,12,14H,3,9-11H2,1-2H3. The molecule has 16 heavy (non-hydrogen) atoms. The molecule has 0 spiro atoms. The molecule has 0 aliphatic rings. The minimum absolute atomic E-state index is 0.164. The number of nitrogens with one attached hydrogen (secondary N) is 1. The lowest BCUT2D eigenvalue weighted by atomic mass is 10.3. The van der Waals surface area contributed by atoms with E-state index in [1.54, 1.807) is 0 Å². The second-order valence-corrected chi connectivity index (χ2v) is 3.63. The topological polar surface area (TPSA) is 30.5 Å². The molecule has 3 nitrogen and oxygen atoms in total. The zero-order chi connectivity index (χ0) is 11.6. The van der Waals surface area contributed by atoms with Gasteiger partial charge in [-0.15, -0.1) is 0 Å². The summed E-state index contributed by atoms with van der Waals surface area (Å²) in [6.45, 7) is 6.95. The van der Waals surface area contributed by atoms with E-state index in [0.717, 1.165) is 18.8 Å². The normalized spacial score (nSPS) is 12.4. The van der Waals surface area contributed by atoms with Gasteiger partial charge in [-0.05, 0) is 26.0 Å². The summed E-state index contributed by atoms with van der Waals surface area (Å²) in [4.78, 5) is 0. The summed E-state index contributed by atoms with van der Waals surface area (Å²) in [6.07, 6.45) is 0.164. The number of rotatable bonds is 8. The predicted octanol–water partition coefficient (Wildman–Crippen LogP) is 2.54. The van der Waals surface area contributed by atoms with Crippen molar-refractivity contribution in [2.24, 2.45) is 0 Å². The SMILES string of the molecule is CCOCC(C)OCCNc1ccccc1. The molecule has 1 N–H and O–H groups in total. The maximum Gasteiger partial charge on any atom is 0.0781 e. The first-order valence-corrected chi connectivity index (χ1v) is 5.81. The van der Waals surface area contributed by atoms with Gasteiger partial charge in [-0.1, -0.05) is 18.2 Å². The fourth-order valence-electron chi connectivity index (χ4n) is 1.34. The molecule has 0 amide bonds. The Morgan fingerprint density at radius 1 is 1.25 bits per heavy atom. The van der Waals surface area contributed by atoms with Crippen LogP contribution in [-0.4, -0.2) is 32.5 Å². The van der Waals surface area contributed by atoms with E-state index >= 15 is 0 Å². The van der Waals surface area contributed by atoms with Crippen molar-refractivity contribution in [2.45, 2.75) is 20.0 Å². The fraction of sp³-hybridized carbons (Fsp3) is 0.538. The first-order chi connectivity index (χ1) is 7.83. The third kappa shape index (κ3) is 5.73. The molecule has 1 unspecified atom stereocenters. The molecule has 0 bridgehead atoms. The van der Waals surface area contributed by atoms with Crippen LogP contribution in [0.15, 0.2) is 30.3 Å². The zero-order valence-electron chi connectivity index (χ0n) is 10.1. The van der Waals surface area contributed by atoms with Gasteiger partial charge in [0.2, 0.25) is 0 Å². The predicted molar refractivity (Wildman–Crippen MR) is 66.8 cm³/mol. The molecule has 1 aromatic carbocycles. The van der Waals surface area contributed by atoms with Gasteiger partial charge >= 0.3 is 0 Å². The average Bonchev–Trinajstić information content (AvgIpc) is 2.33. The number of hydrogen-bond donors (Lipinski definition) is 1. The minimum atomic E-state index is 0.164. The zero-order valence-corrected chi connectivity index (χ0v) is 10.1. The van der Waals surface area contributed by atoms with E-state index in [4.69, 9.17) is 9.47 Å².